The Morgan fingerprint density at radius 3 is 2.24 bits per heavy atom. The third kappa shape index (κ3) is 3.25. The maximum Gasteiger partial charge on any atom is 0.343 e. The zero-order chi connectivity index (χ0) is 17.9. The summed E-state index contributed by atoms with van der Waals surface area (Å²) in [5, 5.41) is 0. The van der Waals surface area contributed by atoms with Gasteiger partial charge in [0.25, 0.3) is 0 Å². The fourth-order valence-electron chi connectivity index (χ4n) is 7.44. The summed E-state index contributed by atoms with van der Waals surface area (Å²) in [4.78, 5) is 12.0. The Kier molecular flexibility index (Phi) is 4.24. The summed E-state index contributed by atoms with van der Waals surface area (Å²) in [6.45, 7) is 5.46. The van der Waals surface area contributed by atoms with Crippen LogP contribution >= 0.6 is 0 Å². The average molecular weight is 351 g/mol. The molecule has 5 aliphatic carbocycles. The molecule has 25 heavy (non-hydrogen) atoms. The third-order valence-corrected chi connectivity index (χ3v) is 8.10. The van der Waals surface area contributed by atoms with Crippen LogP contribution < -0.4 is 0 Å². The van der Waals surface area contributed by atoms with Crippen molar-refractivity contribution in [3.63, 3.8) is 0 Å². The minimum absolute atomic E-state index is 0.147. The van der Waals surface area contributed by atoms with Crippen LogP contribution in [-0.4, -0.2) is 18.2 Å². The lowest BCUT2D eigenvalue weighted by atomic mass is 9.41. The van der Waals surface area contributed by atoms with Crippen LogP contribution in [0.25, 0.3) is 0 Å². The lowest BCUT2D eigenvalue weighted by Gasteiger charge is -2.64. The van der Waals surface area contributed by atoms with E-state index >= 15 is 0 Å². The Labute approximate surface area is 152 Å². The second kappa shape index (κ2) is 5.96. The summed E-state index contributed by atoms with van der Waals surface area (Å²) >= 11 is 0. The van der Waals surface area contributed by atoms with Crippen molar-refractivity contribution in [3.05, 3.63) is 0 Å². The largest absolute Gasteiger partial charge is 0.463 e. The van der Waals surface area contributed by atoms with Crippen molar-refractivity contribution in [1.82, 2.24) is 0 Å². The molecule has 5 aliphatic rings. The molecule has 4 bridgehead atoms. The highest BCUT2D eigenvalue weighted by Crippen LogP contribution is 2.69. The second-order valence-electron chi connectivity index (χ2n) is 10.8. The van der Waals surface area contributed by atoms with Crippen molar-refractivity contribution in [2.45, 2.75) is 90.6 Å². The van der Waals surface area contributed by atoms with Crippen LogP contribution in [0.5, 0.6) is 0 Å². The molecule has 0 aromatic carbocycles. The highest BCUT2D eigenvalue weighted by atomic mass is 19.1. The summed E-state index contributed by atoms with van der Waals surface area (Å²) in [6.07, 6.45) is 13.4. The monoisotopic (exact) mass is 350 g/mol. The van der Waals surface area contributed by atoms with Gasteiger partial charge in [-0.15, -0.1) is 0 Å². The third-order valence-electron chi connectivity index (χ3n) is 8.10. The maximum absolute atomic E-state index is 13.9. The van der Waals surface area contributed by atoms with Crippen LogP contribution in [-0.2, 0) is 9.53 Å². The molecule has 0 N–H and O–H groups in total. The fourth-order valence-corrected chi connectivity index (χ4v) is 7.44. The summed E-state index contributed by atoms with van der Waals surface area (Å²) in [5.74, 6) is 2.73. The van der Waals surface area contributed by atoms with Crippen LogP contribution in [0, 0.1) is 34.5 Å². The molecule has 3 heteroatoms. The molecule has 5 saturated carbocycles. The van der Waals surface area contributed by atoms with Crippen LogP contribution in [0.2, 0.25) is 0 Å². The van der Waals surface area contributed by atoms with Gasteiger partial charge in [0.2, 0.25) is 5.67 Å². The Bertz CT molecular complexity index is 513. The van der Waals surface area contributed by atoms with Crippen molar-refractivity contribution in [3.8, 4) is 0 Å². The number of halogens is 1. The van der Waals surface area contributed by atoms with Crippen molar-refractivity contribution in [2.24, 2.45) is 34.5 Å². The van der Waals surface area contributed by atoms with Gasteiger partial charge in [0.05, 0.1) is 6.61 Å². The van der Waals surface area contributed by atoms with Crippen molar-refractivity contribution < 1.29 is 13.9 Å². The number of rotatable bonds is 4. The van der Waals surface area contributed by atoms with E-state index in [4.69, 9.17) is 4.74 Å². The SMILES string of the molecule is CC1CCC(C23CC4CC(CC(COC(=O)C(C)(C)F)(C4)C2)C3)CC1. The van der Waals surface area contributed by atoms with Crippen LogP contribution in [0.1, 0.15) is 85.0 Å². The Morgan fingerprint density at radius 2 is 1.68 bits per heavy atom. The Balaban J connectivity index is 1.50. The zero-order valence-corrected chi connectivity index (χ0v) is 16.3. The predicted octanol–water partition coefficient (Wildman–Crippen LogP) is 5.69. The van der Waals surface area contributed by atoms with Gasteiger partial charge in [-0.25, -0.2) is 9.18 Å². The molecular formula is C22H35FO2. The van der Waals surface area contributed by atoms with Gasteiger partial charge >= 0.3 is 5.97 Å². The molecule has 2 atom stereocenters. The first kappa shape index (κ1) is 17.8. The molecule has 0 amide bonds. The van der Waals surface area contributed by atoms with Crippen molar-refractivity contribution in [2.75, 3.05) is 6.61 Å². The van der Waals surface area contributed by atoms with Crippen LogP contribution in [0.4, 0.5) is 4.39 Å². The van der Waals surface area contributed by atoms with E-state index in [9.17, 15) is 9.18 Å². The van der Waals surface area contributed by atoms with E-state index in [2.05, 4.69) is 6.92 Å². The minimum atomic E-state index is -1.88. The topological polar surface area (TPSA) is 26.3 Å². The lowest BCUT2D eigenvalue weighted by molar-refractivity contribution is -0.182. The first-order valence-electron chi connectivity index (χ1n) is 10.6. The second-order valence-corrected chi connectivity index (χ2v) is 10.8. The van der Waals surface area contributed by atoms with E-state index in [0.717, 1.165) is 23.7 Å². The molecule has 0 saturated heterocycles. The molecule has 142 valence electrons. The van der Waals surface area contributed by atoms with E-state index in [-0.39, 0.29) is 5.41 Å². The summed E-state index contributed by atoms with van der Waals surface area (Å²) < 4.78 is 19.4. The molecule has 0 aromatic rings. The van der Waals surface area contributed by atoms with Crippen molar-refractivity contribution in [1.29, 1.82) is 0 Å². The number of ether oxygens (including phenoxy) is 1. The molecule has 2 nitrogen and oxygen atoms in total. The van der Waals surface area contributed by atoms with Gasteiger partial charge in [-0.3, -0.25) is 0 Å². The molecule has 5 fully saturated rings. The predicted molar refractivity (Wildman–Crippen MR) is 96.8 cm³/mol. The highest BCUT2D eigenvalue weighted by Gasteiger charge is 2.60. The highest BCUT2D eigenvalue weighted by molar-refractivity contribution is 5.78. The number of hydrogen-bond acceptors (Lipinski definition) is 2. The van der Waals surface area contributed by atoms with E-state index in [1.807, 2.05) is 0 Å². The Hall–Kier alpha value is -0.600. The summed E-state index contributed by atoms with van der Waals surface area (Å²) in [7, 11) is 0. The molecule has 0 heterocycles. The Morgan fingerprint density at radius 1 is 1.08 bits per heavy atom. The lowest BCUT2D eigenvalue weighted by Crippen LogP contribution is -2.56. The van der Waals surface area contributed by atoms with Gasteiger partial charge in [-0.1, -0.05) is 19.8 Å². The molecule has 0 aromatic heterocycles. The van der Waals surface area contributed by atoms with Gasteiger partial charge in [0.15, 0.2) is 0 Å². The first-order valence-corrected chi connectivity index (χ1v) is 10.6. The summed E-state index contributed by atoms with van der Waals surface area (Å²) in [6, 6.07) is 0. The average Bonchev–Trinajstić information content (AvgIpc) is 2.51. The number of alkyl halides is 1. The quantitative estimate of drug-likeness (QED) is 0.609. The maximum atomic E-state index is 13.9. The van der Waals surface area contributed by atoms with E-state index in [1.54, 1.807) is 0 Å². The van der Waals surface area contributed by atoms with Gasteiger partial charge < -0.3 is 4.74 Å². The molecule has 0 radical (unpaired) electrons. The van der Waals surface area contributed by atoms with E-state index < -0.39 is 11.6 Å². The summed E-state index contributed by atoms with van der Waals surface area (Å²) in [5.41, 5.74) is -1.23. The van der Waals surface area contributed by atoms with E-state index in [1.165, 1.54) is 78.1 Å². The molecule has 2 unspecified atom stereocenters. The van der Waals surface area contributed by atoms with Gasteiger partial charge in [-0.2, -0.15) is 0 Å². The number of carbonyl (C=O) groups excluding carboxylic acids is 1. The van der Waals surface area contributed by atoms with Gasteiger partial charge in [0, 0.05) is 5.41 Å². The van der Waals surface area contributed by atoms with Gasteiger partial charge in [0.1, 0.15) is 0 Å². The standard InChI is InChI=1S/C22H35FO2/c1-15-4-6-18(7-5-15)22-11-16-8-17(12-22)10-21(9-16,13-22)14-25-19(24)20(2,3)23/h15-18H,4-14H2,1-3H3. The van der Waals surface area contributed by atoms with E-state index in [0.29, 0.717) is 12.0 Å². The molecular weight excluding hydrogens is 315 g/mol. The molecule has 0 aliphatic heterocycles. The smallest absolute Gasteiger partial charge is 0.343 e. The molecule has 5 rings (SSSR count). The van der Waals surface area contributed by atoms with Crippen LogP contribution in [0.15, 0.2) is 0 Å². The van der Waals surface area contributed by atoms with Gasteiger partial charge in [-0.05, 0) is 94.3 Å². The number of carbonyl (C=O) groups is 1. The molecule has 0 spiro atoms. The first-order chi connectivity index (χ1) is 11.7. The number of esters is 1. The fraction of sp³-hybridized carbons (Fsp3) is 0.955. The number of hydrogen-bond donors (Lipinski definition) is 0. The normalized spacial score (nSPS) is 46.2. The van der Waals surface area contributed by atoms with Crippen molar-refractivity contribution >= 4 is 5.97 Å². The minimum Gasteiger partial charge on any atom is -0.463 e. The van der Waals surface area contributed by atoms with Crippen LogP contribution in [0.3, 0.4) is 0 Å². The zero-order valence-electron chi connectivity index (χ0n) is 16.3.